The first-order chi connectivity index (χ1) is 7.52. The van der Waals surface area contributed by atoms with Gasteiger partial charge in [0.15, 0.2) is 0 Å². The number of hydrogen-bond donors (Lipinski definition) is 1. The number of hydrogen-bond acceptors (Lipinski definition) is 1. The maximum absolute atomic E-state index is 6.10. The van der Waals surface area contributed by atoms with Crippen LogP contribution in [0, 0.1) is 6.92 Å². The van der Waals surface area contributed by atoms with Crippen molar-refractivity contribution in [2.75, 3.05) is 0 Å². The lowest BCUT2D eigenvalue weighted by Crippen LogP contribution is -2.06. The van der Waals surface area contributed by atoms with Crippen molar-refractivity contribution in [3.05, 3.63) is 39.4 Å². The number of aryl methyl sites for hydroxylation is 1. The van der Waals surface area contributed by atoms with Crippen LogP contribution in [0.5, 0.6) is 0 Å². The highest BCUT2D eigenvalue weighted by Gasteiger charge is 2.16. The first-order valence-electron chi connectivity index (χ1n) is 5.74. The molecule has 0 spiro atoms. The molecule has 16 heavy (non-hydrogen) atoms. The van der Waals surface area contributed by atoms with Crippen LogP contribution in [-0.4, -0.2) is 0 Å². The van der Waals surface area contributed by atoms with Crippen LogP contribution in [0.1, 0.15) is 49.8 Å². The third-order valence-electron chi connectivity index (χ3n) is 3.11. The van der Waals surface area contributed by atoms with Gasteiger partial charge in [0.1, 0.15) is 0 Å². The van der Waals surface area contributed by atoms with Crippen molar-refractivity contribution in [1.29, 1.82) is 0 Å². The predicted molar refractivity (Wildman–Crippen MR) is 75.4 cm³/mol. The van der Waals surface area contributed by atoms with E-state index in [0.29, 0.717) is 5.92 Å². The van der Waals surface area contributed by atoms with E-state index >= 15 is 0 Å². The van der Waals surface area contributed by atoms with Gasteiger partial charge in [0.05, 0.1) is 0 Å². The maximum Gasteiger partial charge on any atom is 0.0350 e. The molecule has 0 aromatic heterocycles. The highest BCUT2D eigenvalue weighted by molar-refractivity contribution is 9.10. The molecular formula is C14H20BrN. The summed E-state index contributed by atoms with van der Waals surface area (Å²) in [5.74, 6) is 0.516. The second-order valence-electron chi connectivity index (χ2n) is 4.21. The number of rotatable bonds is 3. The molecule has 88 valence electrons. The van der Waals surface area contributed by atoms with Crippen molar-refractivity contribution in [3.8, 4) is 0 Å². The van der Waals surface area contributed by atoms with E-state index < -0.39 is 0 Å². The zero-order valence-electron chi connectivity index (χ0n) is 10.5. The summed E-state index contributed by atoms with van der Waals surface area (Å²) >= 11 is 3.64. The first kappa shape index (κ1) is 13.3. The zero-order valence-corrected chi connectivity index (χ0v) is 12.1. The fraction of sp³-hybridized carbons (Fsp3) is 0.429. The Labute approximate surface area is 107 Å². The lowest BCUT2D eigenvalue weighted by atomic mass is 9.89. The Morgan fingerprint density at radius 2 is 2.12 bits per heavy atom. The molecule has 1 rings (SSSR count). The number of benzene rings is 1. The van der Waals surface area contributed by atoms with Crippen molar-refractivity contribution in [2.45, 2.75) is 40.0 Å². The minimum Gasteiger partial charge on any atom is -0.398 e. The summed E-state index contributed by atoms with van der Waals surface area (Å²) in [6.45, 7) is 8.54. The van der Waals surface area contributed by atoms with Gasteiger partial charge in [0, 0.05) is 15.7 Å². The SMILES string of the molecule is C/C=C(/N)c1c(C)ccc(Br)c1C(C)CC. The van der Waals surface area contributed by atoms with Crippen LogP contribution < -0.4 is 5.73 Å². The summed E-state index contributed by atoms with van der Waals surface area (Å²) in [6, 6.07) is 4.23. The van der Waals surface area contributed by atoms with E-state index in [-0.39, 0.29) is 0 Å². The summed E-state index contributed by atoms with van der Waals surface area (Å²) < 4.78 is 1.16. The van der Waals surface area contributed by atoms with Gasteiger partial charge in [-0.1, -0.05) is 41.9 Å². The number of halogens is 1. The third kappa shape index (κ3) is 2.49. The quantitative estimate of drug-likeness (QED) is 0.862. The standard InChI is InChI=1S/C14H20BrN/c1-5-9(3)13-11(15)8-7-10(4)14(13)12(16)6-2/h6-9H,5,16H2,1-4H3/b12-6+. The third-order valence-corrected chi connectivity index (χ3v) is 3.80. The zero-order chi connectivity index (χ0) is 12.3. The molecule has 1 atom stereocenters. The maximum atomic E-state index is 6.10. The highest BCUT2D eigenvalue weighted by Crippen LogP contribution is 2.34. The molecule has 0 fully saturated rings. The fourth-order valence-corrected chi connectivity index (χ4v) is 2.64. The summed E-state index contributed by atoms with van der Waals surface area (Å²) in [6.07, 6.45) is 3.09. The van der Waals surface area contributed by atoms with E-state index in [1.165, 1.54) is 16.7 Å². The van der Waals surface area contributed by atoms with Crippen molar-refractivity contribution in [3.63, 3.8) is 0 Å². The lowest BCUT2D eigenvalue weighted by Gasteiger charge is -2.19. The lowest BCUT2D eigenvalue weighted by molar-refractivity contribution is 0.726. The largest absolute Gasteiger partial charge is 0.398 e. The Kier molecular flexibility index (Phi) is 4.60. The minimum atomic E-state index is 0.516. The average Bonchev–Trinajstić information content (AvgIpc) is 2.29. The molecule has 1 unspecified atom stereocenters. The van der Waals surface area contributed by atoms with Gasteiger partial charge in [-0.15, -0.1) is 0 Å². The summed E-state index contributed by atoms with van der Waals surface area (Å²) in [5.41, 5.74) is 10.7. The van der Waals surface area contributed by atoms with Gasteiger partial charge < -0.3 is 5.73 Å². The van der Waals surface area contributed by atoms with Crippen LogP contribution in [0.25, 0.3) is 5.70 Å². The van der Waals surface area contributed by atoms with Gasteiger partial charge in [0.2, 0.25) is 0 Å². The van der Waals surface area contributed by atoms with E-state index in [2.05, 4.69) is 48.8 Å². The first-order valence-corrected chi connectivity index (χ1v) is 6.53. The van der Waals surface area contributed by atoms with E-state index in [1.807, 2.05) is 13.0 Å². The van der Waals surface area contributed by atoms with Crippen LogP contribution in [0.15, 0.2) is 22.7 Å². The molecule has 1 nitrogen and oxygen atoms in total. The van der Waals surface area contributed by atoms with Gasteiger partial charge >= 0.3 is 0 Å². The van der Waals surface area contributed by atoms with Gasteiger partial charge in [-0.3, -0.25) is 0 Å². The molecule has 0 saturated heterocycles. The van der Waals surface area contributed by atoms with E-state index in [1.54, 1.807) is 0 Å². The van der Waals surface area contributed by atoms with Crippen LogP contribution in [0.2, 0.25) is 0 Å². The minimum absolute atomic E-state index is 0.516. The molecule has 1 aromatic rings. The molecule has 0 aliphatic rings. The molecular weight excluding hydrogens is 262 g/mol. The second kappa shape index (κ2) is 5.53. The van der Waals surface area contributed by atoms with Crippen molar-refractivity contribution in [1.82, 2.24) is 0 Å². The molecule has 0 bridgehead atoms. The monoisotopic (exact) mass is 281 g/mol. The molecule has 0 aliphatic heterocycles. The predicted octanol–water partition coefficient (Wildman–Crippen LogP) is 4.59. The smallest absolute Gasteiger partial charge is 0.0350 e. The van der Waals surface area contributed by atoms with Crippen LogP contribution in [-0.2, 0) is 0 Å². The molecule has 0 heterocycles. The Balaban J connectivity index is 3.49. The van der Waals surface area contributed by atoms with Gasteiger partial charge in [-0.25, -0.2) is 0 Å². The topological polar surface area (TPSA) is 26.0 Å². The molecule has 0 amide bonds. The van der Waals surface area contributed by atoms with Crippen molar-refractivity contribution >= 4 is 21.6 Å². The molecule has 0 aliphatic carbocycles. The van der Waals surface area contributed by atoms with Crippen molar-refractivity contribution in [2.24, 2.45) is 5.73 Å². The normalized spacial score (nSPS) is 13.9. The molecule has 0 radical (unpaired) electrons. The fourth-order valence-electron chi connectivity index (χ4n) is 1.92. The molecule has 0 saturated carbocycles. The van der Waals surface area contributed by atoms with Crippen LogP contribution in [0.4, 0.5) is 0 Å². The van der Waals surface area contributed by atoms with Gasteiger partial charge in [-0.05, 0) is 43.4 Å². The Hall–Kier alpha value is -0.760. The molecule has 2 N–H and O–H groups in total. The molecule has 2 heteroatoms. The van der Waals surface area contributed by atoms with E-state index in [0.717, 1.165) is 16.6 Å². The average molecular weight is 282 g/mol. The van der Waals surface area contributed by atoms with Gasteiger partial charge in [0.25, 0.3) is 0 Å². The van der Waals surface area contributed by atoms with Crippen LogP contribution in [0.3, 0.4) is 0 Å². The van der Waals surface area contributed by atoms with E-state index in [4.69, 9.17) is 5.73 Å². The van der Waals surface area contributed by atoms with Gasteiger partial charge in [-0.2, -0.15) is 0 Å². The Morgan fingerprint density at radius 1 is 1.50 bits per heavy atom. The van der Waals surface area contributed by atoms with Crippen LogP contribution >= 0.6 is 15.9 Å². The van der Waals surface area contributed by atoms with E-state index in [9.17, 15) is 0 Å². The summed E-state index contributed by atoms with van der Waals surface area (Å²) in [5, 5.41) is 0. The second-order valence-corrected chi connectivity index (χ2v) is 5.06. The van der Waals surface area contributed by atoms with Crippen molar-refractivity contribution < 1.29 is 0 Å². The Bertz CT molecular complexity index is 407. The summed E-state index contributed by atoms with van der Waals surface area (Å²) in [4.78, 5) is 0. The Morgan fingerprint density at radius 3 is 2.62 bits per heavy atom. The number of nitrogens with two attached hydrogens (primary N) is 1. The molecule has 1 aromatic carbocycles. The number of allylic oxidation sites excluding steroid dienone is 1. The summed E-state index contributed by atoms with van der Waals surface area (Å²) in [7, 11) is 0. The highest BCUT2D eigenvalue weighted by atomic mass is 79.9.